The fourth-order valence-corrected chi connectivity index (χ4v) is 0.487. The summed E-state index contributed by atoms with van der Waals surface area (Å²) in [5.41, 5.74) is 0. The molecular formula is C7H16O2. The SMILES string of the molecule is CCOCCOC(C)C. The van der Waals surface area contributed by atoms with Crippen LogP contribution < -0.4 is 0 Å². The van der Waals surface area contributed by atoms with Crippen LogP contribution >= 0.6 is 0 Å². The second kappa shape index (κ2) is 6.05. The summed E-state index contributed by atoms with van der Waals surface area (Å²) in [7, 11) is 0. The molecule has 0 amide bonds. The maximum atomic E-state index is 5.22. The quantitative estimate of drug-likeness (QED) is 0.527. The molecule has 2 heteroatoms. The Morgan fingerprint density at radius 2 is 1.89 bits per heavy atom. The van der Waals surface area contributed by atoms with E-state index in [4.69, 9.17) is 9.47 Å². The third-order valence-electron chi connectivity index (χ3n) is 0.883. The highest BCUT2D eigenvalue weighted by Gasteiger charge is 1.90. The van der Waals surface area contributed by atoms with Crippen molar-refractivity contribution in [1.29, 1.82) is 0 Å². The van der Waals surface area contributed by atoms with Crippen LogP contribution in [0, 0.1) is 0 Å². The zero-order chi connectivity index (χ0) is 7.11. The van der Waals surface area contributed by atoms with Gasteiger partial charge in [-0.15, -0.1) is 0 Å². The summed E-state index contributed by atoms with van der Waals surface area (Å²) in [5.74, 6) is 0. The third-order valence-corrected chi connectivity index (χ3v) is 0.883. The van der Waals surface area contributed by atoms with Gasteiger partial charge < -0.3 is 9.47 Å². The molecule has 9 heavy (non-hydrogen) atoms. The summed E-state index contributed by atoms with van der Waals surface area (Å²) in [5, 5.41) is 0. The van der Waals surface area contributed by atoms with Crippen LogP contribution in [0.3, 0.4) is 0 Å². The Kier molecular flexibility index (Phi) is 5.99. The van der Waals surface area contributed by atoms with Gasteiger partial charge in [0.25, 0.3) is 0 Å². The smallest absolute Gasteiger partial charge is 0.0703 e. The van der Waals surface area contributed by atoms with Crippen LogP contribution in [0.5, 0.6) is 0 Å². The van der Waals surface area contributed by atoms with Gasteiger partial charge >= 0.3 is 0 Å². The molecule has 0 fully saturated rings. The molecular weight excluding hydrogens is 116 g/mol. The molecule has 0 atom stereocenters. The van der Waals surface area contributed by atoms with Gasteiger partial charge in [0, 0.05) is 6.61 Å². The van der Waals surface area contributed by atoms with E-state index in [9.17, 15) is 0 Å². The average Bonchev–Trinajstić information content (AvgIpc) is 1.80. The van der Waals surface area contributed by atoms with Crippen molar-refractivity contribution >= 4 is 0 Å². The molecule has 0 aromatic rings. The molecule has 0 aromatic carbocycles. The molecule has 0 radical (unpaired) electrons. The largest absolute Gasteiger partial charge is 0.379 e. The van der Waals surface area contributed by atoms with Crippen molar-refractivity contribution in [2.75, 3.05) is 19.8 Å². The number of hydrogen-bond donors (Lipinski definition) is 0. The van der Waals surface area contributed by atoms with E-state index in [1.54, 1.807) is 0 Å². The first-order chi connectivity index (χ1) is 4.27. The molecule has 0 bridgehead atoms. The van der Waals surface area contributed by atoms with Crippen LogP contribution in [0.25, 0.3) is 0 Å². The van der Waals surface area contributed by atoms with E-state index >= 15 is 0 Å². The maximum absolute atomic E-state index is 5.22. The summed E-state index contributed by atoms with van der Waals surface area (Å²) in [4.78, 5) is 0. The Morgan fingerprint density at radius 1 is 1.22 bits per heavy atom. The number of hydrogen-bond acceptors (Lipinski definition) is 2. The van der Waals surface area contributed by atoms with Crippen LogP contribution in [0.15, 0.2) is 0 Å². The Bertz CT molecular complexity index is 52.9. The summed E-state index contributed by atoms with van der Waals surface area (Å²) in [6.45, 7) is 8.23. The van der Waals surface area contributed by atoms with E-state index in [0.29, 0.717) is 19.3 Å². The Labute approximate surface area is 57.2 Å². The molecule has 56 valence electrons. The predicted molar refractivity (Wildman–Crippen MR) is 37.6 cm³/mol. The van der Waals surface area contributed by atoms with Gasteiger partial charge in [0.15, 0.2) is 0 Å². The lowest BCUT2D eigenvalue weighted by Gasteiger charge is -2.05. The second-order valence-corrected chi connectivity index (χ2v) is 2.12. The van der Waals surface area contributed by atoms with E-state index in [0.717, 1.165) is 6.61 Å². The second-order valence-electron chi connectivity index (χ2n) is 2.12. The predicted octanol–water partition coefficient (Wildman–Crippen LogP) is 1.45. The van der Waals surface area contributed by atoms with E-state index in [-0.39, 0.29) is 0 Å². The highest BCUT2D eigenvalue weighted by molar-refractivity contribution is 4.35. The molecule has 0 N–H and O–H groups in total. The number of rotatable bonds is 5. The van der Waals surface area contributed by atoms with Crippen molar-refractivity contribution < 1.29 is 9.47 Å². The Balaban J connectivity index is 2.75. The van der Waals surface area contributed by atoms with E-state index in [1.165, 1.54) is 0 Å². The standard InChI is InChI=1S/C7H16O2/c1-4-8-5-6-9-7(2)3/h7H,4-6H2,1-3H3. The molecule has 0 aliphatic carbocycles. The van der Waals surface area contributed by atoms with E-state index in [1.807, 2.05) is 20.8 Å². The van der Waals surface area contributed by atoms with Crippen LogP contribution in [0.1, 0.15) is 20.8 Å². The van der Waals surface area contributed by atoms with Gasteiger partial charge in [0.2, 0.25) is 0 Å². The first-order valence-corrected chi connectivity index (χ1v) is 3.46. The van der Waals surface area contributed by atoms with Crippen molar-refractivity contribution in [3.05, 3.63) is 0 Å². The lowest BCUT2D eigenvalue weighted by molar-refractivity contribution is 0.0230. The first kappa shape index (κ1) is 8.92. The maximum Gasteiger partial charge on any atom is 0.0703 e. The van der Waals surface area contributed by atoms with Crippen molar-refractivity contribution in [3.8, 4) is 0 Å². The molecule has 0 saturated carbocycles. The van der Waals surface area contributed by atoms with Crippen LogP contribution in [0.2, 0.25) is 0 Å². The van der Waals surface area contributed by atoms with E-state index in [2.05, 4.69) is 0 Å². The van der Waals surface area contributed by atoms with Crippen LogP contribution in [0.4, 0.5) is 0 Å². The monoisotopic (exact) mass is 132 g/mol. The average molecular weight is 132 g/mol. The zero-order valence-corrected chi connectivity index (χ0v) is 6.52. The highest BCUT2D eigenvalue weighted by atomic mass is 16.5. The molecule has 2 nitrogen and oxygen atoms in total. The summed E-state index contributed by atoms with van der Waals surface area (Å²) < 4.78 is 10.3. The molecule has 0 aromatic heterocycles. The molecule has 0 rings (SSSR count). The van der Waals surface area contributed by atoms with Gasteiger partial charge in [0.05, 0.1) is 19.3 Å². The van der Waals surface area contributed by atoms with Crippen LogP contribution in [-0.4, -0.2) is 25.9 Å². The van der Waals surface area contributed by atoms with E-state index < -0.39 is 0 Å². The fraction of sp³-hybridized carbons (Fsp3) is 1.00. The lowest BCUT2D eigenvalue weighted by atomic mass is 10.5. The highest BCUT2D eigenvalue weighted by Crippen LogP contribution is 1.86. The fourth-order valence-electron chi connectivity index (χ4n) is 0.487. The van der Waals surface area contributed by atoms with Gasteiger partial charge in [-0.05, 0) is 20.8 Å². The normalized spacial score (nSPS) is 10.7. The Morgan fingerprint density at radius 3 is 2.33 bits per heavy atom. The molecule has 0 spiro atoms. The molecule has 0 heterocycles. The summed E-state index contributed by atoms with van der Waals surface area (Å²) in [6.07, 6.45) is 0.324. The number of ether oxygens (including phenoxy) is 2. The van der Waals surface area contributed by atoms with Crippen molar-refractivity contribution in [2.45, 2.75) is 26.9 Å². The van der Waals surface area contributed by atoms with Gasteiger partial charge in [-0.3, -0.25) is 0 Å². The molecule has 0 aliphatic rings. The molecule has 0 unspecified atom stereocenters. The minimum atomic E-state index is 0.324. The summed E-state index contributed by atoms with van der Waals surface area (Å²) >= 11 is 0. The van der Waals surface area contributed by atoms with Crippen molar-refractivity contribution in [2.24, 2.45) is 0 Å². The Hall–Kier alpha value is -0.0800. The summed E-state index contributed by atoms with van der Waals surface area (Å²) in [6, 6.07) is 0. The molecule has 0 saturated heterocycles. The topological polar surface area (TPSA) is 18.5 Å². The van der Waals surface area contributed by atoms with Gasteiger partial charge in [-0.1, -0.05) is 0 Å². The lowest BCUT2D eigenvalue weighted by Crippen LogP contribution is -2.09. The minimum Gasteiger partial charge on any atom is -0.379 e. The third kappa shape index (κ3) is 7.92. The van der Waals surface area contributed by atoms with Crippen LogP contribution in [-0.2, 0) is 9.47 Å². The van der Waals surface area contributed by atoms with Crippen molar-refractivity contribution in [1.82, 2.24) is 0 Å². The zero-order valence-electron chi connectivity index (χ0n) is 6.52. The van der Waals surface area contributed by atoms with Gasteiger partial charge in [0.1, 0.15) is 0 Å². The molecule has 0 aliphatic heterocycles. The minimum absolute atomic E-state index is 0.324. The first-order valence-electron chi connectivity index (χ1n) is 3.46. The van der Waals surface area contributed by atoms with Crippen molar-refractivity contribution in [3.63, 3.8) is 0 Å². The van der Waals surface area contributed by atoms with Gasteiger partial charge in [-0.2, -0.15) is 0 Å². The van der Waals surface area contributed by atoms with Gasteiger partial charge in [-0.25, -0.2) is 0 Å².